The fourth-order valence-corrected chi connectivity index (χ4v) is 2.58. The van der Waals surface area contributed by atoms with Crippen molar-refractivity contribution in [2.75, 3.05) is 11.9 Å². The Kier molecular flexibility index (Phi) is 5.81. The number of carbonyl (C=O) groups excluding carboxylic acids is 1. The normalized spacial score (nSPS) is 10.4. The third-order valence-electron chi connectivity index (χ3n) is 3.73. The molecular formula is C20H19ClN4O. The average Bonchev–Trinajstić information content (AvgIpc) is 2.63. The fourth-order valence-electron chi connectivity index (χ4n) is 2.45. The molecule has 0 saturated carbocycles. The minimum Gasteiger partial charge on any atom is -0.350 e. The second-order valence-electron chi connectivity index (χ2n) is 5.84. The van der Waals surface area contributed by atoms with Gasteiger partial charge in [0, 0.05) is 22.9 Å². The van der Waals surface area contributed by atoms with Crippen molar-refractivity contribution in [3.8, 4) is 0 Å². The number of anilines is 2. The number of nitrogens with one attached hydrogen (secondary N) is 2. The molecular weight excluding hydrogens is 348 g/mol. The molecule has 2 N–H and O–H groups in total. The number of nitrogens with zero attached hydrogens (tertiary/aromatic N) is 2. The zero-order valence-electron chi connectivity index (χ0n) is 14.4. The Bertz CT molecular complexity index is 882. The highest BCUT2D eigenvalue weighted by Gasteiger charge is 2.10. The molecule has 0 aliphatic carbocycles. The first-order chi connectivity index (χ1) is 12.6. The van der Waals surface area contributed by atoms with Crippen LogP contribution in [0.3, 0.4) is 0 Å². The zero-order valence-corrected chi connectivity index (χ0v) is 15.1. The molecule has 0 aliphatic heterocycles. The summed E-state index contributed by atoms with van der Waals surface area (Å²) in [6.45, 7) is 2.35. The van der Waals surface area contributed by atoms with Gasteiger partial charge in [0.2, 0.25) is 5.95 Å². The van der Waals surface area contributed by atoms with Crippen LogP contribution in [0.2, 0.25) is 5.02 Å². The number of benzene rings is 2. The maximum Gasteiger partial charge on any atom is 0.270 e. The smallest absolute Gasteiger partial charge is 0.270 e. The zero-order chi connectivity index (χ0) is 18.4. The van der Waals surface area contributed by atoms with Gasteiger partial charge in [-0.05, 0) is 49.2 Å². The molecule has 5 nitrogen and oxygen atoms in total. The molecule has 0 unspecified atom stereocenters. The van der Waals surface area contributed by atoms with Crippen molar-refractivity contribution in [3.05, 3.63) is 82.6 Å². The minimum atomic E-state index is -0.222. The molecule has 132 valence electrons. The summed E-state index contributed by atoms with van der Waals surface area (Å²) in [7, 11) is 0. The Morgan fingerprint density at radius 1 is 1.04 bits per heavy atom. The van der Waals surface area contributed by atoms with E-state index < -0.39 is 0 Å². The van der Waals surface area contributed by atoms with Gasteiger partial charge in [0.1, 0.15) is 5.69 Å². The van der Waals surface area contributed by atoms with Gasteiger partial charge in [-0.15, -0.1) is 0 Å². The van der Waals surface area contributed by atoms with E-state index >= 15 is 0 Å². The molecule has 26 heavy (non-hydrogen) atoms. The largest absolute Gasteiger partial charge is 0.350 e. The van der Waals surface area contributed by atoms with E-state index in [1.165, 1.54) is 0 Å². The third kappa shape index (κ3) is 5.04. The molecule has 1 amide bonds. The van der Waals surface area contributed by atoms with Crippen LogP contribution >= 0.6 is 11.6 Å². The lowest BCUT2D eigenvalue weighted by molar-refractivity contribution is 0.0949. The molecule has 0 aliphatic rings. The van der Waals surface area contributed by atoms with E-state index in [1.54, 1.807) is 6.07 Å². The number of halogens is 1. The number of carbonyl (C=O) groups is 1. The van der Waals surface area contributed by atoms with E-state index in [2.05, 4.69) is 20.6 Å². The first-order valence-electron chi connectivity index (χ1n) is 8.30. The molecule has 1 heterocycles. The lowest BCUT2D eigenvalue weighted by Gasteiger charge is -2.09. The van der Waals surface area contributed by atoms with E-state index in [-0.39, 0.29) is 5.91 Å². The van der Waals surface area contributed by atoms with Crippen LogP contribution in [-0.2, 0) is 6.42 Å². The number of amides is 1. The highest BCUT2D eigenvalue weighted by Crippen LogP contribution is 2.13. The van der Waals surface area contributed by atoms with Gasteiger partial charge in [-0.1, -0.05) is 41.9 Å². The fraction of sp³-hybridized carbons (Fsp3) is 0.150. The maximum atomic E-state index is 12.4. The van der Waals surface area contributed by atoms with Crippen molar-refractivity contribution >= 4 is 29.1 Å². The predicted octanol–water partition coefficient (Wildman–Crippen LogP) is 4.15. The lowest BCUT2D eigenvalue weighted by Crippen LogP contribution is -2.27. The van der Waals surface area contributed by atoms with E-state index in [0.29, 0.717) is 23.2 Å². The van der Waals surface area contributed by atoms with Gasteiger partial charge in [0.05, 0.1) is 0 Å². The summed E-state index contributed by atoms with van der Waals surface area (Å²) in [5.74, 6) is 0.180. The van der Waals surface area contributed by atoms with Crippen LogP contribution in [0.1, 0.15) is 21.7 Å². The highest BCUT2D eigenvalue weighted by molar-refractivity contribution is 6.30. The summed E-state index contributed by atoms with van der Waals surface area (Å²) in [4.78, 5) is 21.0. The Morgan fingerprint density at radius 2 is 1.77 bits per heavy atom. The minimum absolute atomic E-state index is 0.222. The van der Waals surface area contributed by atoms with Crippen molar-refractivity contribution in [2.45, 2.75) is 13.3 Å². The number of aromatic nitrogens is 2. The van der Waals surface area contributed by atoms with Crippen molar-refractivity contribution in [1.29, 1.82) is 0 Å². The topological polar surface area (TPSA) is 66.9 Å². The second-order valence-corrected chi connectivity index (χ2v) is 6.28. The number of aryl methyl sites for hydroxylation is 1. The molecule has 6 heteroatoms. The second kappa shape index (κ2) is 8.45. The summed E-state index contributed by atoms with van der Waals surface area (Å²) in [6.07, 6.45) is 0.724. The number of hydrogen-bond donors (Lipinski definition) is 2. The first kappa shape index (κ1) is 17.9. The van der Waals surface area contributed by atoms with Crippen molar-refractivity contribution < 1.29 is 4.79 Å². The average molecular weight is 367 g/mol. The van der Waals surface area contributed by atoms with Crippen LogP contribution in [0, 0.1) is 6.92 Å². The Labute approximate surface area is 157 Å². The van der Waals surface area contributed by atoms with Crippen LogP contribution in [-0.4, -0.2) is 22.4 Å². The molecule has 2 aromatic carbocycles. The van der Waals surface area contributed by atoms with Crippen molar-refractivity contribution in [1.82, 2.24) is 15.3 Å². The summed E-state index contributed by atoms with van der Waals surface area (Å²) in [5, 5.41) is 6.70. The standard InChI is InChI=1S/C20H19ClN4O/c1-14-13-18(25-20(23-14)24-17-5-3-2-4-6-17)19(26)22-12-11-15-7-9-16(21)10-8-15/h2-10,13H,11-12H2,1H3,(H,22,26)(H,23,24,25). The van der Waals surface area contributed by atoms with E-state index in [9.17, 15) is 4.79 Å². The van der Waals surface area contributed by atoms with Gasteiger partial charge in [-0.25, -0.2) is 9.97 Å². The molecule has 1 aromatic heterocycles. The van der Waals surface area contributed by atoms with Gasteiger partial charge in [0.25, 0.3) is 5.91 Å². The van der Waals surface area contributed by atoms with Crippen LogP contribution in [0.25, 0.3) is 0 Å². The molecule has 3 rings (SSSR count). The maximum absolute atomic E-state index is 12.4. The molecule has 0 fully saturated rings. The molecule has 0 saturated heterocycles. The molecule has 0 bridgehead atoms. The van der Waals surface area contributed by atoms with Crippen LogP contribution < -0.4 is 10.6 Å². The van der Waals surface area contributed by atoms with Gasteiger partial charge >= 0.3 is 0 Å². The summed E-state index contributed by atoms with van der Waals surface area (Å²) in [6, 6.07) is 18.9. The third-order valence-corrected chi connectivity index (χ3v) is 3.98. The Morgan fingerprint density at radius 3 is 2.50 bits per heavy atom. The van der Waals surface area contributed by atoms with E-state index in [1.807, 2.05) is 61.5 Å². The summed E-state index contributed by atoms with van der Waals surface area (Å²) >= 11 is 5.87. The van der Waals surface area contributed by atoms with E-state index in [0.717, 1.165) is 23.4 Å². The Balaban J connectivity index is 1.62. The van der Waals surface area contributed by atoms with Crippen LogP contribution in [0.5, 0.6) is 0 Å². The van der Waals surface area contributed by atoms with Crippen LogP contribution in [0.4, 0.5) is 11.6 Å². The van der Waals surface area contributed by atoms with Crippen LogP contribution in [0.15, 0.2) is 60.7 Å². The van der Waals surface area contributed by atoms with Crippen molar-refractivity contribution in [3.63, 3.8) is 0 Å². The van der Waals surface area contributed by atoms with Gasteiger partial charge in [-0.2, -0.15) is 0 Å². The number of para-hydroxylation sites is 1. The SMILES string of the molecule is Cc1cc(C(=O)NCCc2ccc(Cl)cc2)nc(Nc2ccccc2)n1. The summed E-state index contributed by atoms with van der Waals surface area (Å²) in [5.41, 5.74) is 3.04. The quantitative estimate of drug-likeness (QED) is 0.687. The predicted molar refractivity (Wildman–Crippen MR) is 104 cm³/mol. The Hall–Kier alpha value is -2.92. The summed E-state index contributed by atoms with van der Waals surface area (Å²) < 4.78 is 0. The molecule has 0 radical (unpaired) electrons. The highest BCUT2D eigenvalue weighted by atomic mass is 35.5. The molecule has 0 spiro atoms. The first-order valence-corrected chi connectivity index (χ1v) is 8.68. The van der Waals surface area contributed by atoms with Gasteiger partial charge in [-0.3, -0.25) is 4.79 Å². The van der Waals surface area contributed by atoms with Gasteiger partial charge in [0.15, 0.2) is 0 Å². The lowest BCUT2D eigenvalue weighted by atomic mass is 10.1. The van der Waals surface area contributed by atoms with Gasteiger partial charge < -0.3 is 10.6 Å². The van der Waals surface area contributed by atoms with E-state index in [4.69, 9.17) is 11.6 Å². The van der Waals surface area contributed by atoms with Crippen molar-refractivity contribution in [2.24, 2.45) is 0 Å². The number of rotatable bonds is 6. The number of hydrogen-bond acceptors (Lipinski definition) is 4. The molecule has 0 atom stereocenters. The molecule has 3 aromatic rings. The monoisotopic (exact) mass is 366 g/mol.